The van der Waals surface area contributed by atoms with Crippen molar-refractivity contribution in [3.63, 3.8) is 0 Å². The van der Waals surface area contributed by atoms with Crippen LogP contribution < -0.4 is 0 Å². The van der Waals surface area contributed by atoms with E-state index in [1.54, 1.807) is 0 Å². The maximum Gasteiger partial charge on any atom is 0.303 e. The Bertz CT molecular complexity index is 1180. The summed E-state index contributed by atoms with van der Waals surface area (Å²) in [5.41, 5.74) is 4.46. The molecule has 0 saturated carbocycles. The fourth-order valence-electron chi connectivity index (χ4n) is 4.32. The number of carbonyl (C=O) groups is 2. The van der Waals surface area contributed by atoms with Crippen LogP contribution in [-0.2, 0) is 11.2 Å². The molecule has 7 heteroatoms. The second-order valence-corrected chi connectivity index (χ2v) is 9.55. The number of hydrogen-bond acceptors (Lipinski definition) is 4. The number of carbonyl (C=O) groups excluding carboxylic acids is 1. The Morgan fingerprint density at radius 2 is 1.91 bits per heavy atom. The van der Waals surface area contributed by atoms with Gasteiger partial charge < -0.3 is 10.0 Å². The third-order valence-corrected chi connectivity index (χ3v) is 6.46. The summed E-state index contributed by atoms with van der Waals surface area (Å²) >= 11 is 6.07. The Hall–Kier alpha value is -2.99. The molecule has 2 aromatic carbocycles. The Morgan fingerprint density at radius 1 is 1.15 bits per heavy atom. The molecule has 2 heterocycles. The second-order valence-electron chi connectivity index (χ2n) is 9.12. The van der Waals surface area contributed by atoms with E-state index in [0.717, 1.165) is 36.5 Å². The van der Waals surface area contributed by atoms with Crippen LogP contribution in [0.25, 0.3) is 22.3 Å². The Morgan fingerprint density at radius 3 is 2.58 bits per heavy atom. The summed E-state index contributed by atoms with van der Waals surface area (Å²) in [6, 6.07) is 13.0. The van der Waals surface area contributed by atoms with Gasteiger partial charge >= 0.3 is 5.97 Å². The smallest absolute Gasteiger partial charge is 0.303 e. The minimum absolute atomic E-state index is 0.0168. The molecule has 0 spiro atoms. The van der Waals surface area contributed by atoms with Gasteiger partial charge in [0, 0.05) is 35.7 Å². The number of carboxylic acid groups (broad SMARTS) is 1. The van der Waals surface area contributed by atoms with Crippen LogP contribution in [0.15, 0.2) is 42.5 Å². The Kier molecular flexibility index (Phi) is 6.94. The van der Waals surface area contributed by atoms with Crippen molar-refractivity contribution in [3.05, 3.63) is 58.7 Å². The fourth-order valence-corrected chi connectivity index (χ4v) is 4.45. The summed E-state index contributed by atoms with van der Waals surface area (Å²) in [4.78, 5) is 35.7. The Balaban J connectivity index is 1.69. The van der Waals surface area contributed by atoms with E-state index in [1.807, 2.05) is 54.3 Å². The van der Waals surface area contributed by atoms with Crippen molar-refractivity contribution < 1.29 is 14.7 Å². The highest BCUT2D eigenvalue weighted by Gasteiger charge is 2.24. The van der Waals surface area contributed by atoms with Gasteiger partial charge in [-0.25, -0.2) is 9.97 Å². The lowest BCUT2D eigenvalue weighted by Crippen LogP contribution is -2.28. The number of aromatic nitrogens is 2. The molecule has 1 aliphatic heterocycles. The number of nitrogens with zero attached hydrogens (tertiary/aromatic N) is 3. The number of halogens is 1. The molecule has 172 valence electrons. The SMILES string of the molecule is CC(CCc1nc2cc(C(=O)N3CC[C@H](C)C3)ccc2nc1-c1ccc(Cl)cc1)CC(=O)O. The molecule has 0 aliphatic carbocycles. The van der Waals surface area contributed by atoms with Crippen LogP contribution in [0, 0.1) is 11.8 Å². The number of aryl methyl sites for hydroxylation is 1. The number of rotatable bonds is 7. The van der Waals surface area contributed by atoms with Crippen molar-refractivity contribution >= 4 is 34.5 Å². The molecule has 1 amide bonds. The van der Waals surface area contributed by atoms with Gasteiger partial charge in [-0.05, 0) is 61.4 Å². The molecule has 1 saturated heterocycles. The van der Waals surface area contributed by atoms with E-state index in [2.05, 4.69) is 6.92 Å². The van der Waals surface area contributed by atoms with Crippen molar-refractivity contribution in [2.24, 2.45) is 11.8 Å². The molecule has 1 aromatic heterocycles. The number of aliphatic carboxylic acids is 1. The van der Waals surface area contributed by atoms with Gasteiger partial charge in [0.15, 0.2) is 0 Å². The maximum absolute atomic E-state index is 13.0. The van der Waals surface area contributed by atoms with E-state index in [1.165, 1.54) is 0 Å². The molecule has 4 rings (SSSR count). The Labute approximate surface area is 198 Å². The largest absolute Gasteiger partial charge is 0.481 e. The summed E-state index contributed by atoms with van der Waals surface area (Å²) in [6.07, 6.45) is 2.42. The molecule has 1 N–H and O–H groups in total. The molecule has 6 nitrogen and oxygen atoms in total. The fraction of sp³-hybridized carbons (Fsp3) is 0.385. The van der Waals surface area contributed by atoms with Gasteiger partial charge in [-0.3, -0.25) is 9.59 Å². The van der Waals surface area contributed by atoms with Gasteiger partial charge in [0.1, 0.15) is 0 Å². The van der Waals surface area contributed by atoms with E-state index >= 15 is 0 Å². The minimum atomic E-state index is -0.801. The highest BCUT2D eigenvalue weighted by molar-refractivity contribution is 6.30. The third-order valence-electron chi connectivity index (χ3n) is 6.21. The van der Waals surface area contributed by atoms with E-state index in [9.17, 15) is 9.59 Å². The predicted octanol–water partition coefficient (Wildman–Crippen LogP) is 5.48. The maximum atomic E-state index is 13.0. The zero-order valence-corrected chi connectivity index (χ0v) is 19.7. The number of amides is 1. The monoisotopic (exact) mass is 465 g/mol. The molecule has 1 fully saturated rings. The lowest BCUT2D eigenvalue weighted by atomic mass is 9.98. The average molecular weight is 466 g/mol. The highest BCUT2D eigenvalue weighted by atomic mass is 35.5. The van der Waals surface area contributed by atoms with E-state index in [0.29, 0.717) is 40.4 Å². The summed E-state index contributed by atoms with van der Waals surface area (Å²) in [7, 11) is 0. The van der Waals surface area contributed by atoms with Crippen molar-refractivity contribution in [1.29, 1.82) is 0 Å². The number of benzene rings is 2. The van der Waals surface area contributed by atoms with Crippen LogP contribution in [-0.4, -0.2) is 44.9 Å². The number of hydrogen-bond donors (Lipinski definition) is 1. The van der Waals surface area contributed by atoms with E-state index in [-0.39, 0.29) is 18.2 Å². The quantitative estimate of drug-likeness (QED) is 0.499. The lowest BCUT2D eigenvalue weighted by Gasteiger charge is -2.17. The molecule has 2 atom stereocenters. The van der Waals surface area contributed by atoms with Crippen molar-refractivity contribution in [2.75, 3.05) is 13.1 Å². The van der Waals surface area contributed by atoms with Crippen LogP contribution in [0.3, 0.4) is 0 Å². The van der Waals surface area contributed by atoms with Crippen LogP contribution in [0.4, 0.5) is 0 Å². The number of likely N-dealkylation sites (tertiary alicyclic amines) is 1. The standard InChI is InChI=1S/C26H28ClN3O3/c1-16(13-24(31)32)3-9-22-25(18-4-7-20(27)8-5-18)29-21-10-6-19(14-23(21)28-22)26(33)30-12-11-17(2)15-30/h4-8,10,14,16-17H,3,9,11-13,15H2,1-2H3,(H,31,32)/t16?,17-/m0/s1. The summed E-state index contributed by atoms with van der Waals surface area (Å²) in [5.74, 6) is -0.232. The van der Waals surface area contributed by atoms with Gasteiger partial charge in [0.05, 0.1) is 22.4 Å². The molecular weight excluding hydrogens is 438 g/mol. The zero-order valence-electron chi connectivity index (χ0n) is 18.9. The molecular formula is C26H28ClN3O3. The van der Waals surface area contributed by atoms with Crippen molar-refractivity contribution in [1.82, 2.24) is 14.9 Å². The van der Waals surface area contributed by atoms with Crippen molar-refractivity contribution in [2.45, 2.75) is 39.5 Å². The molecule has 33 heavy (non-hydrogen) atoms. The topological polar surface area (TPSA) is 83.4 Å². The first kappa shape index (κ1) is 23.2. The first-order valence-corrected chi connectivity index (χ1v) is 11.8. The predicted molar refractivity (Wildman–Crippen MR) is 129 cm³/mol. The summed E-state index contributed by atoms with van der Waals surface area (Å²) < 4.78 is 0. The van der Waals surface area contributed by atoms with Crippen LogP contribution >= 0.6 is 11.6 Å². The number of fused-ring (bicyclic) bond motifs is 1. The van der Waals surface area contributed by atoms with Crippen molar-refractivity contribution in [3.8, 4) is 11.3 Å². The minimum Gasteiger partial charge on any atom is -0.481 e. The van der Waals surface area contributed by atoms with E-state index < -0.39 is 5.97 Å². The average Bonchev–Trinajstić information content (AvgIpc) is 3.22. The molecule has 0 bridgehead atoms. The van der Waals surface area contributed by atoms with Gasteiger partial charge in [-0.15, -0.1) is 0 Å². The van der Waals surface area contributed by atoms with Gasteiger partial charge in [0.25, 0.3) is 5.91 Å². The normalized spacial score (nSPS) is 16.8. The van der Waals surface area contributed by atoms with Gasteiger partial charge in [-0.2, -0.15) is 0 Å². The number of carboxylic acids is 1. The van der Waals surface area contributed by atoms with Gasteiger partial charge in [0.2, 0.25) is 0 Å². The summed E-state index contributed by atoms with van der Waals surface area (Å²) in [5, 5.41) is 9.74. The lowest BCUT2D eigenvalue weighted by molar-refractivity contribution is -0.138. The molecule has 3 aromatic rings. The molecule has 1 unspecified atom stereocenters. The van der Waals surface area contributed by atoms with Gasteiger partial charge in [-0.1, -0.05) is 37.6 Å². The zero-order chi connectivity index (χ0) is 23.5. The highest BCUT2D eigenvalue weighted by Crippen LogP contribution is 2.28. The molecule has 0 radical (unpaired) electrons. The first-order chi connectivity index (χ1) is 15.8. The van der Waals surface area contributed by atoms with Crippen LogP contribution in [0.1, 0.15) is 49.2 Å². The second kappa shape index (κ2) is 9.87. The van der Waals surface area contributed by atoms with Crippen LogP contribution in [0.2, 0.25) is 5.02 Å². The molecule has 1 aliphatic rings. The summed E-state index contributed by atoms with van der Waals surface area (Å²) in [6.45, 7) is 5.66. The van der Waals surface area contributed by atoms with Crippen LogP contribution in [0.5, 0.6) is 0 Å². The third kappa shape index (κ3) is 5.50. The first-order valence-electron chi connectivity index (χ1n) is 11.4. The van der Waals surface area contributed by atoms with E-state index in [4.69, 9.17) is 26.7 Å².